The van der Waals surface area contributed by atoms with Gasteiger partial charge in [0.2, 0.25) is 0 Å². The molecule has 3 aromatic rings. The molecule has 3 rings (SSSR count). The van der Waals surface area contributed by atoms with Crippen LogP contribution in [0.25, 0.3) is 0 Å². The van der Waals surface area contributed by atoms with Crippen LogP contribution in [0.15, 0.2) is 67.3 Å². The van der Waals surface area contributed by atoms with Gasteiger partial charge in [0.25, 0.3) is 0 Å². The first-order valence-corrected chi connectivity index (χ1v) is 9.90. The molecule has 1 aromatic heterocycles. The van der Waals surface area contributed by atoms with Gasteiger partial charge >= 0.3 is 0 Å². The lowest BCUT2D eigenvalue weighted by Gasteiger charge is -2.27. The smallest absolute Gasteiger partial charge is 0.173 e. The second kappa shape index (κ2) is 9.99. The highest BCUT2D eigenvalue weighted by atomic mass is 32.1. The van der Waals surface area contributed by atoms with Gasteiger partial charge in [0.05, 0.1) is 6.33 Å². The third-order valence-corrected chi connectivity index (χ3v) is 4.98. The van der Waals surface area contributed by atoms with Gasteiger partial charge in [0.15, 0.2) is 5.11 Å². The molecule has 146 valence electrons. The molecule has 0 saturated heterocycles. The normalized spacial score (nSPS) is 10.6. The maximum absolute atomic E-state index is 13.3. The SMILES string of the molecule is CCc1ccccc1NC(=S)N(CCCn1ccnc1)Cc1ccc(F)cc1. The lowest BCUT2D eigenvalue weighted by Crippen LogP contribution is -2.35. The molecule has 0 spiro atoms. The molecule has 0 saturated carbocycles. The number of halogens is 1. The van der Waals surface area contributed by atoms with Gasteiger partial charge in [0.1, 0.15) is 5.82 Å². The first kappa shape index (κ1) is 20.0. The maximum Gasteiger partial charge on any atom is 0.173 e. The highest BCUT2D eigenvalue weighted by Gasteiger charge is 2.12. The summed E-state index contributed by atoms with van der Waals surface area (Å²) in [6.07, 6.45) is 7.42. The standard InChI is InChI=1S/C22H25FN4S/c1-2-19-6-3-4-7-21(19)25-22(28)27(14-5-13-26-15-12-24-17-26)16-18-8-10-20(23)11-9-18/h3-4,6-12,15,17H,2,5,13-14,16H2,1H3,(H,25,28). The molecule has 0 fully saturated rings. The number of hydrogen-bond acceptors (Lipinski definition) is 2. The van der Waals surface area contributed by atoms with E-state index in [1.54, 1.807) is 18.3 Å². The Morgan fingerprint density at radius 1 is 1.18 bits per heavy atom. The van der Waals surface area contributed by atoms with E-state index in [9.17, 15) is 4.39 Å². The Labute approximate surface area is 171 Å². The molecule has 0 atom stereocenters. The predicted molar refractivity (Wildman–Crippen MR) is 116 cm³/mol. The lowest BCUT2D eigenvalue weighted by atomic mass is 10.1. The Balaban J connectivity index is 1.69. The molecule has 0 aliphatic heterocycles. The van der Waals surface area contributed by atoms with Crippen molar-refractivity contribution in [1.82, 2.24) is 14.5 Å². The summed E-state index contributed by atoms with van der Waals surface area (Å²) in [5.41, 5.74) is 3.29. The van der Waals surface area contributed by atoms with E-state index in [0.29, 0.717) is 11.7 Å². The van der Waals surface area contributed by atoms with E-state index in [1.165, 1.54) is 17.7 Å². The van der Waals surface area contributed by atoms with E-state index in [-0.39, 0.29) is 5.82 Å². The van der Waals surface area contributed by atoms with E-state index in [1.807, 2.05) is 30.7 Å². The van der Waals surface area contributed by atoms with Crippen LogP contribution in [0.5, 0.6) is 0 Å². The fourth-order valence-electron chi connectivity index (χ4n) is 3.07. The maximum atomic E-state index is 13.3. The minimum atomic E-state index is -0.229. The molecular formula is C22H25FN4S. The average molecular weight is 397 g/mol. The van der Waals surface area contributed by atoms with Crippen molar-refractivity contribution >= 4 is 23.0 Å². The summed E-state index contributed by atoms with van der Waals surface area (Å²) in [6.45, 7) is 4.42. The van der Waals surface area contributed by atoms with Crippen LogP contribution >= 0.6 is 12.2 Å². The van der Waals surface area contributed by atoms with Crippen molar-refractivity contribution in [2.45, 2.75) is 32.9 Å². The number of benzene rings is 2. The van der Waals surface area contributed by atoms with Crippen molar-refractivity contribution < 1.29 is 4.39 Å². The summed E-state index contributed by atoms with van der Waals surface area (Å²) in [6, 6.07) is 14.8. The van der Waals surface area contributed by atoms with Crippen molar-refractivity contribution in [2.24, 2.45) is 0 Å². The molecule has 1 heterocycles. The summed E-state index contributed by atoms with van der Waals surface area (Å²) in [5.74, 6) is -0.229. The van der Waals surface area contributed by atoms with E-state index in [4.69, 9.17) is 12.2 Å². The van der Waals surface area contributed by atoms with Gasteiger partial charge in [-0.3, -0.25) is 0 Å². The number of nitrogens with zero attached hydrogens (tertiary/aromatic N) is 3. The second-order valence-electron chi connectivity index (χ2n) is 6.64. The number of thiocarbonyl (C=S) groups is 1. The molecule has 0 amide bonds. The van der Waals surface area contributed by atoms with Gasteiger partial charge in [-0.1, -0.05) is 37.3 Å². The Morgan fingerprint density at radius 2 is 1.96 bits per heavy atom. The van der Waals surface area contributed by atoms with Crippen LogP contribution in [0.2, 0.25) is 0 Å². The quantitative estimate of drug-likeness (QED) is 0.551. The molecule has 6 heteroatoms. The number of nitrogens with one attached hydrogen (secondary N) is 1. The molecule has 2 aromatic carbocycles. The van der Waals surface area contributed by atoms with Gasteiger partial charge in [-0.15, -0.1) is 0 Å². The van der Waals surface area contributed by atoms with Crippen molar-refractivity contribution in [2.75, 3.05) is 11.9 Å². The lowest BCUT2D eigenvalue weighted by molar-refractivity contribution is 0.395. The summed E-state index contributed by atoms with van der Waals surface area (Å²) in [7, 11) is 0. The van der Waals surface area contributed by atoms with Crippen LogP contribution in [0.3, 0.4) is 0 Å². The number of aromatic nitrogens is 2. The van der Waals surface area contributed by atoms with Crippen LogP contribution in [0.1, 0.15) is 24.5 Å². The van der Waals surface area contributed by atoms with E-state index in [2.05, 4.69) is 32.8 Å². The van der Waals surface area contributed by atoms with Gasteiger partial charge < -0.3 is 14.8 Å². The predicted octanol–water partition coefficient (Wildman–Crippen LogP) is 4.87. The topological polar surface area (TPSA) is 33.1 Å². The molecule has 4 nitrogen and oxygen atoms in total. The first-order chi connectivity index (χ1) is 13.7. The zero-order valence-corrected chi connectivity index (χ0v) is 16.8. The van der Waals surface area contributed by atoms with E-state index >= 15 is 0 Å². The minimum absolute atomic E-state index is 0.229. The summed E-state index contributed by atoms with van der Waals surface area (Å²) >= 11 is 5.72. The van der Waals surface area contributed by atoms with Gasteiger partial charge in [-0.25, -0.2) is 9.37 Å². The fourth-order valence-corrected chi connectivity index (χ4v) is 3.34. The molecule has 28 heavy (non-hydrogen) atoms. The summed E-state index contributed by atoms with van der Waals surface area (Å²) in [4.78, 5) is 6.21. The number of anilines is 1. The fraction of sp³-hybridized carbons (Fsp3) is 0.273. The molecule has 0 aliphatic rings. The average Bonchev–Trinajstić information content (AvgIpc) is 3.22. The highest BCUT2D eigenvalue weighted by Crippen LogP contribution is 2.17. The number of para-hydroxylation sites is 1. The molecular weight excluding hydrogens is 371 g/mol. The van der Waals surface area contributed by atoms with Gasteiger partial charge in [-0.2, -0.15) is 0 Å². The third kappa shape index (κ3) is 5.63. The number of hydrogen-bond donors (Lipinski definition) is 1. The van der Waals surface area contributed by atoms with Crippen LogP contribution in [-0.4, -0.2) is 26.1 Å². The Hall–Kier alpha value is -2.73. The van der Waals surface area contributed by atoms with Crippen molar-refractivity contribution in [3.05, 3.63) is 84.2 Å². The third-order valence-electron chi connectivity index (χ3n) is 4.62. The van der Waals surface area contributed by atoms with Crippen LogP contribution < -0.4 is 5.32 Å². The Morgan fingerprint density at radius 3 is 2.68 bits per heavy atom. The zero-order chi connectivity index (χ0) is 19.8. The van der Waals surface area contributed by atoms with Crippen molar-refractivity contribution in [3.63, 3.8) is 0 Å². The summed E-state index contributed by atoms with van der Waals surface area (Å²) < 4.78 is 15.3. The number of aryl methyl sites for hydroxylation is 2. The Kier molecular flexibility index (Phi) is 7.14. The van der Waals surface area contributed by atoms with Crippen LogP contribution in [0.4, 0.5) is 10.1 Å². The van der Waals surface area contributed by atoms with Crippen molar-refractivity contribution in [3.8, 4) is 0 Å². The zero-order valence-electron chi connectivity index (χ0n) is 16.0. The number of rotatable bonds is 8. The van der Waals surface area contributed by atoms with Gasteiger partial charge in [0, 0.05) is 37.7 Å². The first-order valence-electron chi connectivity index (χ1n) is 9.49. The van der Waals surface area contributed by atoms with Gasteiger partial charge in [-0.05, 0) is 54.4 Å². The largest absolute Gasteiger partial charge is 0.345 e. The highest BCUT2D eigenvalue weighted by molar-refractivity contribution is 7.80. The minimum Gasteiger partial charge on any atom is -0.345 e. The number of imidazole rings is 1. The summed E-state index contributed by atoms with van der Waals surface area (Å²) in [5, 5.41) is 4.08. The molecule has 0 unspecified atom stereocenters. The van der Waals surface area contributed by atoms with Crippen LogP contribution in [-0.2, 0) is 19.5 Å². The second-order valence-corrected chi connectivity index (χ2v) is 7.03. The monoisotopic (exact) mass is 396 g/mol. The Bertz CT molecular complexity index is 878. The molecule has 0 bridgehead atoms. The molecule has 0 aliphatic carbocycles. The van der Waals surface area contributed by atoms with E-state index < -0.39 is 0 Å². The van der Waals surface area contributed by atoms with Crippen LogP contribution in [0, 0.1) is 5.82 Å². The molecule has 0 radical (unpaired) electrons. The van der Waals surface area contributed by atoms with Crippen molar-refractivity contribution in [1.29, 1.82) is 0 Å². The van der Waals surface area contributed by atoms with E-state index in [0.717, 1.165) is 37.2 Å². The molecule has 1 N–H and O–H groups in total.